The molecule has 11 nitrogen and oxygen atoms in total. The highest BCUT2D eigenvalue weighted by Gasteiger charge is 2.48. The lowest BCUT2D eigenvalue weighted by atomic mass is 10.0. The lowest BCUT2D eigenvalue weighted by Gasteiger charge is -2.24. The third-order valence-corrected chi connectivity index (χ3v) is 6.67. The normalized spacial score (nSPS) is 24.6. The molecule has 1 saturated heterocycles. The Kier molecular flexibility index (Phi) is 8.32. The first-order valence-corrected chi connectivity index (χ1v) is 12.6. The summed E-state index contributed by atoms with van der Waals surface area (Å²) in [6, 6.07) is 8.20. The van der Waals surface area contributed by atoms with E-state index in [9.17, 15) is 18.9 Å². The van der Waals surface area contributed by atoms with Crippen molar-refractivity contribution in [2.45, 2.75) is 64.3 Å². The number of ether oxygens (including phenoxy) is 2. The molecule has 0 radical (unpaired) electrons. The van der Waals surface area contributed by atoms with Gasteiger partial charge in [-0.3, -0.25) is 23.7 Å². The second-order valence-electron chi connectivity index (χ2n) is 8.64. The summed E-state index contributed by atoms with van der Waals surface area (Å²) in [5.41, 5.74) is -3.45. The van der Waals surface area contributed by atoms with Crippen LogP contribution in [0, 0.1) is 0 Å². The molecule has 5 atom stereocenters. The van der Waals surface area contributed by atoms with Crippen molar-refractivity contribution in [3.63, 3.8) is 0 Å². The van der Waals surface area contributed by atoms with Gasteiger partial charge in [-0.05, 0) is 39.8 Å². The van der Waals surface area contributed by atoms with Crippen molar-refractivity contribution in [2.75, 3.05) is 6.61 Å². The summed E-state index contributed by atoms with van der Waals surface area (Å²) in [5.74, 6) is -0.445. The van der Waals surface area contributed by atoms with Crippen molar-refractivity contribution in [2.24, 2.45) is 0 Å². The molecule has 192 valence electrons. The molecule has 0 bridgehead atoms. The SMILES string of the molecule is CC(C)OC(=O)[C@H](C)NP(=O)(OCC1C[C@@](C)(F)[C@H](n2ccc(=O)[nH]c2=O)O1)Oc1ccccc1. The minimum atomic E-state index is -4.17. The van der Waals surface area contributed by atoms with Crippen molar-refractivity contribution >= 4 is 13.7 Å². The lowest BCUT2D eigenvalue weighted by Crippen LogP contribution is -2.38. The van der Waals surface area contributed by atoms with Crippen LogP contribution in [0.25, 0.3) is 0 Å². The summed E-state index contributed by atoms with van der Waals surface area (Å²) in [4.78, 5) is 37.7. The summed E-state index contributed by atoms with van der Waals surface area (Å²) in [5, 5.41) is 2.54. The quantitative estimate of drug-likeness (QED) is 0.363. The zero-order valence-electron chi connectivity index (χ0n) is 19.8. The monoisotopic (exact) mass is 513 g/mol. The van der Waals surface area contributed by atoms with Crippen LogP contribution in [0.3, 0.4) is 0 Å². The molecule has 0 aliphatic carbocycles. The summed E-state index contributed by atoms with van der Waals surface area (Å²) >= 11 is 0. The zero-order chi connectivity index (χ0) is 25.8. The number of para-hydroxylation sites is 1. The predicted molar refractivity (Wildman–Crippen MR) is 124 cm³/mol. The molecule has 2 heterocycles. The number of nitrogens with zero attached hydrogens (tertiary/aromatic N) is 1. The maximum absolute atomic E-state index is 15.3. The number of H-pyrrole nitrogens is 1. The van der Waals surface area contributed by atoms with E-state index >= 15 is 4.39 Å². The predicted octanol–water partition coefficient (Wildman–Crippen LogP) is 2.69. The first-order valence-electron chi connectivity index (χ1n) is 11.0. The molecule has 35 heavy (non-hydrogen) atoms. The Morgan fingerprint density at radius 2 is 1.97 bits per heavy atom. The Bertz CT molecular complexity index is 1180. The summed E-state index contributed by atoms with van der Waals surface area (Å²) in [6.07, 6.45) is -1.70. The molecular weight excluding hydrogens is 484 g/mol. The molecule has 1 fully saturated rings. The average molecular weight is 513 g/mol. The maximum atomic E-state index is 15.3. The van der Waals surface area contributed by atoms with Crippen LogP contribution in [0.1, 0.15) is 40.3 Å². The number of benzene rings is 1. The fourth-order valence-electron chi connectivity index (χ4n) is 3.50. The molecule has 0 spiro atoms. The van der Waals surface area contributed by atoms with E-state index in [1.807, 2.05) is 0 Å². The fraction of sp³-hybridized carbons (Fsp3) is 0.500. The van der Waals surface area contributed by atoms with E-state index in [1.54, 1.807) is 44.2 Å². The second kappa shape index (κ2) is 10.9. The molecule has 0 amide bonds. The number of halogens is 1. The largest absolute Gasteiger partial charge is 0.462 e. The Labute approximate surface area is 201 Å². The Morgan fingerprint density at radius 3 is 2.60 bits per heavy atom. The molecule has 2 N–H and O–H groups in total. The van der Waals surface area contributed by atoms with Gasteiger partial charge in [0.25, 0.3) is 5.56 Å². The maximum Gasteiger partial charge on any atom is 0.459 e. The number of alkyl halides is 1. The molecule has 2 unspecified atom stereocenters. The zero-order valence-corrected chi connectivity index (χ0v) is 20.7. The van der Waals surface area contributed by atoms with E-state index < -0.39 is 49.0 Å². The van der Waals surface area contributed by atoms with Crippen LogP contribution in [0.4, 0.5) is 4.39 Å². The molecule has 1 aliphatic heterocycles. The number of carbonyl (C=O) groups is 1. The average Bonchev–Trinajstić information content (AvgIpc) is 3.06. The van der Waals surface area contributed by atoms with Gasteiger partial charge in [-0.25, -0.2) is 13.8 Å². The van der Waals surface area contributed by atoms with Crippen LogP contribution in [0.5, 0.6) is 5.75 Å². The number of aromatic amines is 1. The minimum Gasteiger partial charge on any atom is -0.462 e. The van der Waals surface area contributed by atoms with E-state index in [0.29, 0.717) is 0 Å². The van der Waals surface area contributed by atoms with Crippen molar-refractivity contribution in [3.05, 3.63) is 63.4 Å². The molecule has 0 saturated carbocycles. The van der Waals surface area contributed by atoms with Crippen LogP contribution in [0.15, 0.2) is 52.2 Å². The first-order chi connectivity index (χ1) is 16.4. The Hall–Kier alpha value is -2.79. The second-order valence-corrected chi connectivity index (χ2v) is 10.3. The highest BCUT2D eigenvalue weighted by Crippen LogP contribution is 2.47. The smallest absolute Gasteiger partial charge is 0.459 e. The van der Waals surface area contributed by atoms with Crippen molar-refractivity contribution in [1.29, 1.82) is 0 Å². The lowest BCUT2D eigenvalue weighted by molar-refractivity contribution is -0.149. The van der Waals surface area contributed by atoms with E-state index in [0.717, 1.165) is 16.8 Å². The number of carbonyl (C=O) groups excluding carboxylic acids is 1. The molecule has 3 rings (SSSR count). The fourth-order valence-corrected chi connectivity index (χ4v) is 5.02. The van der Waals surface area contributed by atoms with Gasteiger partial charge >= 0.3 is 19.4 Å². The Morgan fingerprint density at radius 1 is 1.29 bits per heavy atom. The van der Waals surface area contributed by atoms with Gasteiger partial charge < -0.3 is 14.0 Å². The van der Waals surface area contributed by atoms with Crippen LogP contribution in [0.2, 0.25) is 0 Å². The van der Waals surface area contributed by atoms with Gasteiger partial charge in [0.15, 0.2) is 11.9 Å². The van der Waals surface area contributed by atoms with Crippen LogP contribution in [-0.4, -0.2) is 46.0 Å². The van der Waals surface area contributed by atoms with Crippen molar-refractivity contribution in [3.8, 4) is 5.75 Å². The third-order valence-electron chi connectivity index (χ3n) is 5.02. The van der Waals surface area contributed by atoms with Crippen LogP contribution < -0.4 is 20.9 Å². The van der Waals surface area contributed by atoms with Gasteiger partial charge in [-0.2, -0.15) is 5.09 Å². The molecule has 1 aromatic heterocycles. The molecule has 13 heteroatoms. The van der Waals surface area contributed by atoms with E-state index in [2.05, 4.69) is 10.1 Å². The van der Waals surface area contributed by atoms with Gasteiger partial charge in [0.2, 0.25) is 0 Å². The summed E-state index contributed by atoms with van der Waals surface area (Å²) in [6.45, 7) is 5.67. The van der Waals surface area contributed by atoms with Gasteiger partial charge in [0.05, 0.1) is 18.8 Å². The minimum absolute atomic E-state index is 0.195. The van der Waals surface area contributed by atoms with Gasteiger partial charge in [0, 0.05) is 18.7 Å². The number of hydrogen-bond acceptors (Lipinski definition) is 8. The molecule has 1 aromatic carbocycles. The molecular formula is C22H29FN3O8P. The van der Waals surface area contributed by atoms with Crippen LogP contribution in [-0.2, 0) is 23.4 Å². The highest BCUT2D eigenvalue weighted by molar-refractivity contribution is 7.52. The van der Waals surface area contributed by atoms with Gasteiger partial charge in [0.1, 0.15) is 11.8 Å². The van der Waals surface area contributed by atoms with Crippen molar-refractivity contribution in [1.82, 2.24) is 14.6 Å². The van der Waals surface area contributed by atoms with E-state index in [-0.39, 0.29) is 24.9 Å². The number of aromatic nitrogens is 2. The third kappa shape index (κ3) is 7.11. The highest BCUT2D eigenvalue weighted by atomic mass is 31.2. The number of hydrogen-bond donors (Lipinski definition) is 2. The standard InChI is InChI=1S/C22H29FN3O8P/c1-14(2)32-19(28)15(3)25-35(30,34-16-8-6-5-7-9-16)31-13-17-12-22(4,23)20(33-17)26-11-10-18(27)24-21(26)29/h5-11,14-15,17,20H,12-13H2,1-4H3,(H,25,30)(H,24,27,29)/t15-,17?,20+,22+,35?/m0/s1. The number of nitrogens with one attached hydrogen (secondary N) is 2. The first kappa shape index (κ1) is 26.8. The van der Waals surface area contributed by atoms with Crippen LogP contribution >= 0.6 is 7.75 Å². The van der Waals surface area contributed by atoms with E-state index in [1.165, 1.54) is 13.8 Å². The topological polar surface area (TPSA) is 138 Å². The Balaban J connectivity index is 1.75. The number of rotatable bonds is 10. The molecule has 1 aliphatic rings. The van der Waals surface area contributed by atoms with Gasteiger partial charge in [-0.1, -0.05) is 18.2 Å². The summed E-state index contributed by atoms with van der Waals surface area (Å²) in [7, 11) is -4.17. The van der Waals surface area contributed by atoms with E-state index in [4.69, 9.17) is 18.5 Å². The van der Waals surface area contributed by atoms with Crippen molar-refractivity contribution < 1.29 is 32.3 Å². The summed E-state index contributed by atoms with van der Waals surface area (Å²) < 4.78 is 51.7. The molecule has 2 aromatic rings. The van der Waals surface area contributed by atoms with Gasteiger partial charge in [-0.15, -0.1) is 0 Å². The number of esters is 1.